The molecule has 0 aliphatic heterocycles. The van der Waals surface area contributed by atoms with E-state index in [1.807, 2.05) is 13.0 Å². The van der Waals surface area contributed by atoms with Crippen LogP contribution in [0.4, 0.5) is 13.2 Å². The van der Waals surface area contributed by atoms with Crippen LogP contribution in [-0.2, 0) is 6.54 Å². The summed E-state index contributed by atoms with van der Waals surface area (Å²) in [5, 5.41) is 9.89. The second-order valence-corrected chi connectivity index (χ2v) is 4.30. The number of halogens is 3. The second kappa shape index (κ2) is 5.96. The minimum absolute atomic E-state index is 0.00163. The summed E-state index contributed by atoms with van der Waals surface area (Å²) in [5.74, 6) is -0.220. The zero-order valence-corrected chi connectivity index (χ0v) is 10.7. The number of hydrogen-bond acceptors (Lipinski definition) is 3. The summed E-state index contributed by atoms with van der Waals surface area (Å²) in [7, 11) is 0. The molecule has 7 heteroatoms. The van der Waals surface area contributed by atoms with Crippen LogP contribution in [0.1, 0.15) is 24.2 Å². The lowest BCUT2D eigenvalue weighted by atomic mass is 10.1. The van der Waals surface area contributed by atoms with Crippen LogP contribution in [0.25, 0.3) is 0 Å². The van der Waals surface area contributed by atoms with Gasteiger partial charge in [0.15, 0.2) is 0 Å². The Morgan fingerprint density at radius 3 is 2.50 bits per heavy atom. The smallest absolute Gasteiger partial charge is 0.406 e. The first kappa shape index (κ1) is 14.4. The van der Waals surface area contributed by atoms with Gasteiger partial charge in [0.2, 0.25) is 0 Å². The van der Waals surface area contributed by atoms with Gasteiger partial charge in [-0.25, -0.2) is 0 Å². The highest BCUT2D eigenvalue weighted by atomic mass is 19.4. The van der Waals surface area contributed by atoms with E-state index in [-0.39, 0.29) is 11.8 Å². The fraction of sp³-hybridized carbons (Fsp3) is 0.308. The predicted molar refractivity (Wildman–Crippen MR) is 67.0 cm³/mol. The average Bonchev–Trinajstić information content (AvgIpc) is 2.88. The highest BCUT2D eigenvalue weighted by Crippen LogP contribution is 2.24. The average molecular weight is 285 g/mol. The lowest BCUT2D eigenvalue weighted by molar-refractivity contribution is -0.274. The topological polar surface area (TPSA) is 49.9 Å². The lowest BCUT2D eigenvalue weighted by Gasteiger charge is -2.14. The quantitative estimate of drug-likeness (QED) is 0.887. The van der Waals surface area contributed by atoms with Gasteiger partial charge in [-0.05, 0) is 30.7 Å². The Morgan fingerprint density at radius 2 is 1.95 bits per heavy atom. The molecule has 2 N–H and O–H groups in total. The van der Waals surface area contributed by atoms with Gasteiger partial charge < -0.3 is 10.1 Å². The molecule has 1 unspecified atom stereocenters. The number of ether oxygens (including phenoxy) is 1. The Bertz CT molecular complexity index is 523. The third-order valence-corrected chi connectivity index (χ3v) is 2.77. The molecule has 2 rings (SSSR count). The highest BCUT2D eigenvalue weighted by molar-refractivity contribution is 5.29. The summed E-state index contributed by atoms with van der Waals surface area (Å²) in [6.07, 6.45) is -3.00. The molecule has 0 aliphatic carbocycles. The van der Waals surface area contributed by atoms with Crippen LogP contribution >= 0.6 is 0 Å². The van der Waals surface area contributed by atoms with Gasteiger partial charge in [0, 0.05) is 24.5 Å². The molecule has 0 fully saturated rings. The maximum atomic E-state index is 12.0. The van der Waals surface area contributed by atoms with Gasteiger partial charge in [0.05, 0.1) is 0 Å². The number of benzene rings is 1. The standard InChI is InChI=1S/C13H14F3N3O/c1-9(17-8-11-6-7-18-19-11)10-2-4-12(5-3-10)20-13(14,15)16/h2-7,9,17H,8H2,1H3,(H,18,19). The van der Waals surface area contributed by atoms with Crippen molar-refractivity contribution in [3.05, 3.63) is 47.8 Å². The van der Waals surface area contributed by atoms with Crippen molar-refractivity contribution in [2.75, 3.05) is 0 Å². The Kier molecular flexibility index (Phi) is 4.29. The van der Waals surface area contributed by atoms with Gasteiger partial charge >= 0.3 is 6.36 Å². The van der Waals surface area contributed by atoms with Crippen molar-refractivity contribution in [3.63, 3.8) is 0 Å². The number of nitrogens with zero attached hydrogens (tertiary/aromatic N) is 1. The number of hydrogen-bond donors (Lipinski definition) is 2. The van der Waals surface area contributed by atoms with E-state index in [9.17, 15) is 13.2 Å². The van der Waals surface area contributed by atoms with Gasteiger partial charge in [0.25, 0.3) is 0 Å². The maximum absolute atomic E-state index is 12.0. The van der Waals surface area contributed by atoms with Crippen molar-refractivity contribution in [3.8, 4) is 5.75 Å². The van der Waals surface area contributed by atoms with E-state index in [0.717, 1.165) is 11.3 Å². The van der Waals surface area contributed by atoms with Crippen LogP contribution < -0.4 is 10.1 Å². The number of aromatic amines is 1. The van der Waals surface area contributed by atoms with Crippen LogP contribution in [-0.4, -0.2) is 16.6 Å². The molecule has 0 saturated heterocycles. The molecule has 0 saturated carbocycles. The fourth-order valence-electron chi connectivity index (χ4n) is 1.72. The van der Waals surface area contributed by atoms with Gasteiger partial charge in [0.1, 0.15) is 5.75 Å². The molecular weight excluding hydrogens is 271 g/mol. The Labute approximate surface area is 114 Å². The van der Waals surface area contributed by atoms with Gasteiger partial charge in [-0.1, -0.05) is 12.1 Å². The molecule has 0 aliphatic rings. The van der Waals surface area contributed by atoms with Crippen LogP contribution in [0.5, 0.6) is 5.75 Å². The molecule has 1 heterocycles. The third kappa shape index (κ3) is 4.27. The molecule has 1 aromatic heterocycles. The number of H-pyrrole nitrogens is 1. The van der Waals surface area contributed by atoms with E-state index < -0.39 is 6.36 Å². The lowest BCUT2D eigenvalue weighted by Crippen LogP contribution is -2.19. The summed E-state index contributed by atoms with van der Waals surface area (Å²) < 4.78 is 39.9. The number of rotatable bonds is 5. The van der Waals surface area contributed by atoms with E-state index in [1.165, 1.54) is 12.1 Å². The molecule has 20 heavy (non-hydrogen) atoms. The molecule has 2 aromatic rings. The number of nitrogens with one attached hydrogen (secondary N) is 2. The van der Waals surface area contributed by atoms with Crippen molar-refractivity contribution in [2.45, 2.75) is 25.9 Å². The first-order valence-electron chi connectivity index (χ1n) is 6.01. The van der Waals surface area contributed by atoms with Crippen molar-refractivity contribution >= 4 is 0 Å². The zero-order valence-electron chi connectivity index (χ0n) is 10.7. The van der Waals surface area contributed by atoms with E-state index in [4.69, 9.17) is 0 Å². The van der Waals surface area contributed by atoms with Crippen molar-refractivity contribution < 1.29 is 17.9 Å². The molecule has 0 bridgehead atoms. The summed E-state index contributed by atoms with van der Waals surface area (Å²) in [6.45, 7) is 2.53. The fourth-order valence-corrected chi connectivity index (χ4v) is 1.72. The maximum Gasteiger partial charge on any atom is 0.573 e. The van der Waals surface area contributed by atoms with Crippen molar-refractivity contribution in [1.82, 2.24) is 15.5 Å². The summed E-state index contributed by atoms with van der Waals surface area (Å²) in [6, 6.07) is 7.66. The van der Waals surface area contributed by atoms with Crippen LogP contribution in [0.3, 0.4) is 0 Å². The largest absolute Gasteiger partial charge is 0.573 e. The van der Waals surface area contributed by atoms with Crippen LogP contribution in [0.2, 0.25) is 0 Å². The molecule has 0 spiro atoms. The molecule has 1 atom stereocenters. The molecule has 108 valence electrons. The summed E-state index contributed by atoms with van der Waals surface area (Å²) in [4.78, 5) is 0. The van der Waals surface area contributed by atoms with Crippen molar-refractivity contribution in [1.29, 1.82) is 0 Å². The van der Waals surface area contributed by atoms with Crippen LogP contribution in [0.15, 0.2) is 36.5 Å². The minimum Gasteiger partial charge on any atom is -0.406 e. The van der Waals surface area contributed by atoms with E-state index in [2.05, 4.69) is 20.3 Å². The second-order valence-electron chi connectivity index (χ2n) is 4.30. The molecular formula is C13H14F3N3O. The van der Waals surface area contributed by atoms with Gasteiger partial charge in [-0.2, -0.15) is 5.10 Å². The Balaban J connectivity index is 1.91. The first-order valence-corrected chi connectivity index (χ1v) is 6.01. The zero-order chi connectivity index (χ0) is 14.6. The van der Waals surface area contributed by atoms with E-state index in [0.29, 0.717) is 6.54 Å². The number of aromatic nitrogens is 2. The Hall–Kier alpha value is -2.02. The van der Waals surface area contributed by atoms with Crippen LogP contribution in [0, 0.1) is 0 Å². The van der Waals surface area contributed by atoms with E-state index in [1.54, 1.807) is 18.3 Å². The Morgan fingerprint density at radius 1 is 1.25 bits per heavy atom. The first-order chi connectivity index (χ1) is 9.44. The monoisotopic (exact) mass is 285 g/mol. The highest BCUT2D eigenvalue weighted by Gasteiger charge is 2.30. The molecule has 0 amide bonds. The minimum atomic E-state index is -4.66. The van der Waals surface area contributed by atoms with E-state index >= 15 is 0 Å². The van der Waals surface area contributed by atoms with Crippen molar-refractivity contribution in [2.24, 2.45) is 0 Å². The molecule has 1 aromatic carbocycles. The normalized spacial score (nSPS) is 13.2. The van der Waals surface area contributed by atoms with Gasteiger partial charge in [-0.3, -0.25) is 5.10 Å². The van der Waals surface area contributed by atoms with Gasteiger partial charge in [-0.15, -0.1) is 13.2 Å². The SMILES string of the molecule is CC(NCc1ccn[nH]1)c1ccc(OC(F)(F)F)cc1. The summed E-state index contributed by atoms with van der Waals surface area (Å²) >= 11 is 0. The predicted octanol–water partition coefficient (Wildman–Crippen LogP) is 3.16. The molecule has 0 radical (unpaired) electrons. The summed E-state index contributed by atoms with van der Waals surface area (Å²) in [5.41, 5.74) is 1.81. The number of alkyl halides is 3. The molecule has 4 nitrogen and oxygen atoms in total. The third-order valence-electron chi connectivity index (χ3n) is 2.77.